The Hall–Kier alpha value is -1.92. The molecule has 1 aliphatic rings. The Morgan fingerprint density at radius 2 is 1.85 bits per heavy atom. The molecule has 0 aliphatic carbocycles. The normalized spacial score (nSPS) is 21.0. The standard InChI is InChI=1S/C20H31N3O3/c1-13(2)10-16-11-18(23-22-16)20(25)21-17(12-19(24)26-14(3)4)15-8-6-5-7-9-15/h5-9,13-14,16-18,22-23H,10-12H2,1-4H3,(H,21,25). The summed E-state index contributed by atoms with van der Waals surface area (Å²) in [6.45, 7) is 7.97. The summed E-state index contributed by atoms with van der Waals surface area (Å²) in [5.41, 5.74) is 7.17. The van der Waals surface area contributed by atoms with Gasteiger partial charge in [0.25, 0.3) is 0 Å². The van der Waals surface area contributed by atoms with Gasteiger partial charge in [-0.1, -0.05) is 44.2 Å². The van der Waals surface area contributed by atoms with Crippen LogP contribution in [0, 0.1) is 5.92 Å². The predicted octanol–water partition coefficient (Wildman–Crippen LogP) is 2.47. The van der Waals surface area contributed by atoms with Crippen molar-refractivity contribution in [2.75, 3.05) is 0 Å². The minimum atomic E-state index is -0.402. The number of ether oxygens (including phenoxy) is 1. The first kappa shape index (κ1) is 20.4. The first-order chi connectivity index (χ1) is 12.3. The van der Waals surface area contributed by atoms with E-state index in [1.165, 1.54) is 0 Å². The van der Waals surface area contributed by atoms with Gasteiger partial charge in [-0.25, -0.2) is 5.43 Å². The average molecular weight is 361 g/mol. The molecule has 0 saturated carbocycles. The Kier molecular flexibility index (Phi) is 7.60. The van der Waals surface area contributed by atoms with Crippen molar-refractivity contribution in [1.82, 2.24) is 16.2 Å². The second kappa shape index (κ2) is 9.69. The third kappa shape index (κ3) is 6.42. The van der Waals surface area contributed by atoms with E-state index < -0.39 is 6.04 Å². The molecule has 3 unspecified atom stereocenters. The van der Waals surface area contributed by atoms with Crippen LogP contribution in [0.4, 0.5) is 0 Å². The molecule has 1 aromatic rings. The van der Waals surface area contributed by atoms with Crippen LogP contribution in [0.1, 0.15) is 58.6 Å². The lowest BCUT2D eigenvalue weighted by molar-refractivity contribution is -0.148. The monoisotopic (exact) mass is 361 g/mol. The van der Waals surface area contributed by atoms with E-state index in [0.29, 0.717) is 5.92 Å². The lowest BCUT2D eigenvalue weighted by atomic mass is 9.99. The summed E-state index contributed by atoms with van der Waals surface area (Å²) in [4.78, 5) is 24.8. The van der Waals surface area contributed by atoms with E-state index in [1.807, 2.05) is 44.2 Å². The Bertz CT molecular complexity index is 589. The van der Waals surface area contributed by atoms with E-state index in [9.17, 15) is 9.59 Å². The van der Waals surface area contributed by atoms with Gasteiger partial charge < -0.3 is 10.1 Å². The molecule has 1 fully saturated rings. The lowest BCUT2D eigenvalue weighted by Crippen LogP contribution is -2.45. The highest BCUT2D eigenvalue weighted by atomic mass is 16.5. The maximum Gasteiger partial charge on any atom is 0.308 e. The van der Waals surface area contributed by atoms with Crippen molar-refractivity contribution in [3.63, 3.8) is 0 Å². The van der Waals surface area contributed by atoms with E-state index >= 15 is 0 Å². The van der Waals surface area contributed by atoms with Crippen LogP contribution in [0.5, 0.6) is 0 Å². The van der Waals surface area contributed by atoms with Gasteiger partial charge in [0.1, 0.15) is 6.04 Å². The van der Waals surface area contributed by atoms with Crippen molar-refractivity contribution in [2.45, 2.75) is 71.2 Å². The van der Waals surface area contributed by atoms with Crippen LogP contribution < -0.4 is 16.2 Å². The molecule has 0 spiro atoms. The molecule has 6 heteroatoms. The Morgan fingerprint density at radius 1 is 1.15 bits per heavy atom. The predicted molar refractivity (Wildman–Crippen MR) is 101 cm³/mol. The Balaban J connectivity index is 2.00. The van der Waals surface area contributed by atoms with Gasteiger partial charge in [-0.05, 0) is 38.2 Å². The van der Waals surface area contributed by atoms with Crippen LogP contribution in [0.2, 0.25) is 0 Å². The molecule has 1 heterocycles. The second-order valence-corrected chi connectivity index (χ2v) is 7.62. The molecule has 1 amide bonds. The van der Waals surface area contributed by atoms with Crippen molar-refractivity contribution in [2.24, 2.45) is 5.92 Å². The topological polar surface area (TPSA) is 79.5 Å². The van der Waals surface area contributed by atoms with Gasteiger partial charge >= 0.3 is 5.97 Å². The van der Waals surface area contributed by atoms with Crippen LogP contribution >= 0.6 is 0 Å². The van der Waals surface area contributed by atoms with E-state index in [-0.39, 0.29) is 36.5 Å². The fraction of sp³-hybridized carbons (Fsp3) is 0.600. The third-order valence-electron chi connectivity index (χ3n) is 4.31. The van der Waals surface area contributed by atoms with Crippen molar-refractivity contribution in [3.05, 3.63) is 35.9 Å². The van der Waals surface area contributed by atoms with E-state index in [0.717, 1.165) is 18.4 Å². The number of nitrogens with one attached hydrogen (secondary N) is 3. The number of hydrogen-bond donors (Lipinski definition) is 3. The molecular formula is C20H31N3O3. The van der Waals surface area contributed by atoms with Crippen LogP contribution in [0.15, 0.2) is 30.3 Å². The van der Waals surface area contributed by atoms with Crippen molar-refractivity contribution in [1.29, 1.82) is 0 Å². The molecule has 1 saturated heterocycles. The maximum atomic E-state index is 12.7. The zero-order chi connectivity index (χ0) is 19.1. The highest BCUT2D eigenvalue weighted by Gasteiger charge is 2.31. The van der Waals surface area contributed by atoms with Crippen LogP contribution in [0.25, 0.3) is 0 Å². The summed E-state index contributed by atoms with van der Waals surface area (Å²) >= 11 is 0. The number of rotatable bonds is 8. The number of hydrazine groups is 1. The zero-order valence-corrected chi connectivity index (χ0v) is 16.1. The highest BCUT2D eigenvalue weighted by molar-refractivity contribution is 5.83. The maximum absolute atomic E-state index is 12.7. The molecule has 0 aromatic heterocycles. The van der Waals surface area contributed by atoms with Crippen LogP contribution in [0.3, 0.4) is 0 Å². The average Bonchev–Trinajstić information content (AvgIpc) is 3.02. The second-order valence-electron chi connectivity index (χ2n) is 7.62. The minimum Gasteiger partial charge on any atom is -0.463 e. The minimum absolute atomic E-state index is 0.102. The quantitative estimate of drug-likeness (QED) is 0.620. The van der Waals surface area contributed by atoms with Crippen molar-refractivity contribution in [3.8, 4) is 0 Å². The smallest absolute Gasteiger partial charge is 0.308 e. The van der Waals surface area contributed by atoms with Crippen LogP contribution in [-0.4, -0.2) is 30.1 Å². The molecule has 2 rings (SSSR count). The molecule has 1 aliphatic heterocycles. The van der Waals surface area contributed by atoms with Gasteiger partial charge in [-0.3, -0.25) is 15.0 Å². The SMILES string of the molecule is CC(C)CC1CC(C(=O)NC(CC(=O)OC(C)C)c2ccccc2)NN1. The number of esters is 1. The third-order valence-corrected chi connectivity index (χ3v) is 4.31. The molecular weight excluding hydrogens is 330 g/mol. The number of carbonyl (C=O) groups excluding carboxylic acids is 2. The molecule has 0 bridgehead atoms. The first-order valence-electron chi connectivity index (χ1n) is 9.41. The van der Waals surface area contributed by atoms with E-state index in [4.69, 9.17) is 4.74 Å². The van der Waals surface area contributed by atoms with Crippen molar-refractivity contribution < 1.29 is 14.3 Å². The molecule has 0 radical (unpaired) electrons. The molecule has 6 nitrogen and oxygen atoms in total. The van der Waals surface area contributed by atoms with Crippen molar-refractivity contribution >= 4 is 11.9 Å². The lowest BCUT2D eigenvalue weighted by Gasteiger charge is -2.21. The van der Waals surface area contributed by atoms with Gasteiger partial charge in [-0.15, -0.1) is 0 Å². The van der Waals surface area contributed by atoms with Gasteiger partial charge in [0, 0.05) is 6.04 Å². The number of benzene rings is 1. The van der Waals surface area contributed by atoms with E-state index in [1.54, 1.807) is 0 Å². The Labute approximate surface area is 156 Å². The van der Waals surface area contributed by atoms with Crippen LogP contribution in [-0.2, 0) is 14.3 Å². The highest BCUT2D eigenvalue weighted by Crippen LogP contribution is 2.20. The van der Waals surface area contributed by atoms with Gasteiger partial charge in [0.05, 0.1) is 18.6 Å². The fourth-order valence-electron chi connectivity index (χ4n) is 3.21. The number of amides is 1. The molecule has 3 N–H and O–H groups in total. The summed E-state index contributed by atoms with van der Waals surface area (Å²) in [5, 5.41) is 3.01. The van der Waals surface area contributed by atoms with E-state index in [2.05, 4.69) is 30.0 Å². The molecule has 26 heavy (non-hydrogen) atoms. The first-order valence-corrected chi connectivity index (χ1v) is 9.41. The molecule has 1 aromatic carbocycles. The van der Waals surface area contributed by atoms with Gasteiger partial charge in [0.15, 0.2) is 0 Å². The fourth-order valence-corrected chi connectivity index (χ4v) is 3.21. The Morgan fingerprint density at radius 3 is 2.46 bits per heavy atom. The molecule has 3 atom stereocenters. The number of hydrogen-bond acceptors (Lipinski definition) is 5. The van der Waals surface area contributed by atoms with Gasteiger partial charge in [0.2, 0.25) is 5.91 Å². The number of carbonyl (C=O) groups is 2. The summed E-state index contributed by atoms with van der Waals surface area (Å²) in [5.74, 6) is 0.151. The zero-order valence-electron chi connectivity index (χ0n) is 16.1. The summed E-state index contributed by atoms with van der Waals surface area (Å²) in [6.07, 6.45) is 1.69. The summed E-state index contributed by atoms with van der Waals surface area (Å²) in [6, 6.07) is 9.12. The van der Waals surface area contributed by atoms with Gasteiger partial charge in [-0.2, -0.15) is 0 Å². The summed E-state index contributed by atoms with van der Waals surface area (Å²) in [7, 11) is 0. The largest absolute Gasteiger partial charge is 0.463 e. The molecule has 144 valence electrons. The summed E-state index contributed by atoms with van der Waals surface area (Å²) < 4.78 is 5.25.